The van der Waals surface area contributed by atoms with E-state index in [-0.39, 0.29) is 20.7 Å². The van der Waals surface area contributed by atoms with Crippen LogP contribution in [0.5, 0.6) is 0 Å². The van der Waals surface area contributed by atoms with Gasteiger partial charge in [-0.2, -0.15) is 0 Å². The van der Waals surface area contributed by atoms with Crippen molar-refractivity contribution in [1.82, 2.24) is 0 Å². The summed E-state index contributed by atoms with van der Waals surface area (Å²) in [6.45, 7) is 2.18. The Bertz CT molecular complexity index is 871. The summed E-state index contributed by atoms with van der Waals surface area (Å²) in [5.41, 5.74) is 1.49. The molecule has 4 aromatic rings. The molecule has 0 heterocycles. The Morgan fingerprint density at radius 2 is 1.35 bits per heavy atom. The number of alkyl halides is 1. The summed E-state index contributed by atoms with van der Waals surface area (Å²) in [4.78, 5) is 0. The lowest BCUT2D eigenvalue weighted by atomic mass is 9.93. The minimum absolute atomic E-state index is 0.206. The van der Waals surface area contributed by atoms with E-state index in [0.717, 1.165) is 0 Å². The van der Waals surface area contributed by atoms with Gasteiger partial charge in [0, 0.05) is 4.43 Å². The number of rotatable bonds is 2. The van der Waals surface area contributed by atoms with Crippen LogP contribution in [0.25, 0.3) is 32.3 Å². The molecule has 0 atom stereocenters. The summed E-state index contributed by atoms with van der Waals surface area (Å²) < 4.78 is 3.59. The molecule has 0 amide bonds. The monoisotopic (exact) mass is 370 g/mol. The molecule has 0 N–H and O–H groups in total. The van der Waals surface area contributed by atoms with Crippen LogP contribution < -0.4 is 0 Å². The van der Waals surface area contributed by atoms with E-state index in [2.05, 4.69) is 65.5 Å². The van der Waals surface area contributed by atoms with Crippen LogP contribution in [0.2, 0.25) is 0 Å². The van der Waals surface area contributed by atoms with Gasteiger partial charge in [0.2, 0.25) is 0 Å². The third-order valence-corrected chi connectivity index (χ3v) is 6.11. The zero-order valence-electron chi connectivity index (χ0n) is 11.4. The molecule has 0 fully saturated rings. The number of hydrogen-bond acceptors (Lipinski definition) is 0. The molecule has 0 unspecified atom stereocenters. The van der Waals surface area contributed by atoms with E-state index in [1.807, 2.05) is 0 Å². The maximum Gasteiger partial charge on any atom is 0.0197 e. The van der Waals surface area contributed by atoms with E-state index in [4.69, 9.17) is 0 Å². The molecule has 0 aromatic heterocycles. The molecule has 4 aromatic carbocycles. The summed E-state index contributed by atoms with van der Waals surface area (Å²) in [5, 5.41) is 8.34. The highest BCUT2D eigenvalue weighted by Gasteiger charge is 2.08. The molecule has 0 spiro atoms. The van der Waals surface area contributed by atoms with Gasteiger partial charge >= 0.3 is 0 Å². The molecule has 4 rings (SSSR count). The molecule has 1 heteroatoms. The van der Waals surface area contributed by atoms with Crippen molar-refractivity contribution in [3.63, 3.8) is 0 Å². The van der Waals surface area contributed by atoms with E-state index in [9.17, 15) is 0 Å². The van der Waals surface area contributed by atoms with Crippen LogP contribution in [-0.2, 0) is 4.43 Å². The van der Waals surface area contributed by atoms with Crippen LogP contribution in [0.15, 0.2) is 54.6 Å². The molecular weight excluding hydrogens is 355 g/mol. The quantitative estimate of drug-likeness (QED) is 0.235. The first-order valence-corrected chi connectivity index (χ1v) is 9.66. The molecule has 98 valence electrons. The Balaban J connectivity index is 2.13. The second kappa shape index (κ2) is 4.81. The Hall–Kier alpha value is -1.48. The van der Waals surface area contributed by atoms with Crippen LogP contribution in [0.1, 0.15) is 12.5 Å². The fourth-order valence-electron chi connectivity index (χ4n) is 3.06. The molecule has 0 bridgehead atoms. The maximum atomic E-state index is 2.39. The Kier molecular flexibility index (Phi) is 2.95. The fraction of sp³-hybridized carbons (Fsp3) is 0.105. The molecule has 0 aliphatic carbocycles. The predicted molar refractivity (Wildman–Crippen MR) is 99.6 cm³/mol. The minimum Gasteiger partial charge on any atom is -0.123 e. The van der Waals surface area contributed by atoms with Gasteiger partial charge in [-0.3, -0.25) is 0 Å². The first kappa shape index (κ1) is 12.3. The number of halogens is 1. The third kappa shape index (κ3) is 1.84. The zero-order chi connectivity index (χ0) is 13.5. The first-order chi connectivity index (χ1) is 9.86. The van der Waals surface area contributed by atoms with E-state index in [1.165, 1.54) is 42.3 Å². The average molecular weight is 370 g/mol. The Morgan fingerprint density at radius 1 is 0.800 bits per heavy atom. The van der Waals surface area contributed by atoms with Crippen molar-refractivity contribution in [1.29, 1.82) is 0 Å². The van der Waals surface area contributed by atoms with E-state index >= 15 is 0 Å². The van der Waals surface area contributed by atoms with Gasteiger partial charge in [0.25, 0.3) is 0 Å². The smallest absolute Gasteiger partial charge is 0.0197 e. The summed E-state index contributed by atoms with van der Waals surface area (Å²) in [6.07, 6.45) is 0. The van der Waals surface area contributed by atoms with Gasteiger partial charge in [-0.15, -0.1) is 20.7 Å². The van der Waals surface area contributed by atoms with E-state index in [1.54, 1.807) is 0 Å². The van der Waals surface area contributed by atoms with Crippen LogP contribution >= 0.6 is 20.7 Å². The van der Waals surface area contributed by atoms with Crippen molar-refractivity contribution in [2.75, 3.05) is 0 Å². The Labute approximate surface area is 128 Å². The predicted octanol–water partition coefficient (Wildman–Crippen LogP) is 5.88. The average Bonchev–Trinajstić information content (AvgIpc) is 2.50. The van der Waals surface area contributed by atoms with Gasteiger partial charge < -0.3 is 0 Å². The molecule has 0 aliphatic heterocycles. The van der Waals surface area contributed by atoms with Crippen molar-refractivity contribution in [2.45, 2.75) is 11.4 Å². The minimum atomic E-state index is 0.206. The molecule has 0 nitrogen and oxygen atoms in total. The first-order valence-electron chi connectivity index (χ1n) is 6.89. The summed E-state index contributed by atoms with van der Waals surface area (Å²) >= 11 is 0.206. The summed E-state index contributed by atoms with van der Waals surface area (Å²) in [6, 6.07) is 20.4. The highest BCUT2D eigenvalue weighted by molar-refractivity contribution is 14.2. The Morgan fingerprint density at radius 3 is 1.95 bits per heavy atom. The van der Waals surface area contributed by atoms with Gasteiger partial charge in [0.05, 0.1) is 0 Å². The topological polar surface area (TPSA) is 0 Å². The summed E-state index contributed by atoms with van der Waals surface area (Å²) in [7, 11) is 0. The van der Waals surface area contributed by atoms with Crippen molar-refractivity contribution in [2.24, 2.45) is 0 Å². The molecule has 0 aliphatic rings. The molecule has 0 saturated carbocycles. The van der Waals surface area contributed by atoms with E-state index < -0.39 is 0 Å². The van der Waals surface area contributed by atoms with Gasteiger partial charge in [-0.1, -0.05) is 58.6 Å². The van der Waals surface area contributed by atoms with Gasteiger partial charge in [-0.05, 0) is 44.8 Å². The molecule has 20 heavy (non-hydrogen) atoms. The van der Waals surface area contributed by atoms with Crippen LogP contribution in [0, 0.1) is 0 Å². The fourth-order valence-corrected chi connectivity index (χ4v) is 4.45. The SMILES string of the molecule is CC=ICc1cc2ccc3cccc4ccc(c1)c2c34. The van der Waals surface area contributed by atoms with Crippen molar-refractivity contribution < 1.29 is 0 Å². The van der Waals surface area contributed by atoms with E-state index in [0.29, 0.717) is 0 Å². The lowest BCUT2D eigenvalue weighted by Crippen LogP contribution is -1.86. The third-order valence-electron chi connectivity index (χ3n) is 3.91. The van der Waals surface area contributed by atoms with Gasteiger partial charge in [0.15, 0.2) is 0 Å². The van der Waals surface area contributed by atoms with Crippen molar-refractivity contribution in [3.05, 3.63) is 60.2 Å². The standard InChI is InChI=1S/C19H15I/c1-2-20-12-13-10-16-8-6-14-4-3-5-15-7-9-17(11-13)19(16)18(14)15/h2-11H,12H2,1H3. The normalized spacial score (nSPS) is 12.7. The lowest BCUT2D eigenvalue weighted by Gasteiger charge is -2.11. The summed E-state index contributed by atoms with van der Waals surface area (Å²) in [5.74, 6) is 0. The number of benzene rings is 4. The lowest BCUT2D eigenvalue weighted by molar-refractivity contribution is 1.50. The highest BCUT2D eigenvalue weighted by atomic mass is 127. The largest absolute Gasteiger partial charge is 0.123 e. The maximum absolute atomic E-state index is 2.39. The van der Waals surface area contributed by atoms with Crippen LogP contribution in [-0.4, -0.2) is 4.01 Å². The molecule has 0 radical (unpaired) electrons. The molecule has 0 saturated heterocycles. The highest BCUT2D eigenvalue weighted by Crippen LogP contribution is 2.35. The van der Waals surface area contributed by atoms with Gasteiger partial charge in [0.1, 0.15) is 0 Å². The van der Waals surface area contributed by atoms with Crippen molar-refractivity contribution >= 4 is 57.1 Å². The van der Waals surface area contributed by atoms with Gasteiger partial charge in [-0.25, -0.2) is 0 Å². The molecular formula is C19H15I. The second-order valence-corrected chi connectivity index (χ2v) is 8.02. The zero-order valence-corrected chi connectivity index (χ0v) is 13.5. The van der Waals surface area contributed by atoms with Crippen molar-refractivity contribution in [3.8, 4) is 0 Å². The number of hydrogen-bond donors (Lipinski definition) is 0. The second-order valence-electron chi connectivity index (χ2n) is 5.13. The van der Waals surface area contributed by atoms with Crippen LogP contribution in [0.3, 0.4) is 0 Å². The van der Waals surface area contributed by atoms with Crippen LogP contribution in [0.4, 0.5) is 0 Å².